The van der Waals surface area contributed by atoms with Gasteiger partial charge in [0.15, 0.2) is 0 Å². The molecule has 23 heavy (non-hydrogen) atoms. The Balaban J connectivity index is 1.76. The standard InChI is InChI=1S/C20H27FO2/c1-3-5-15-10-11-16-12-17(23-20(22)18(16)19(15)21)14-8-6-13(4-2)7-9-14/h10-11,13-14,17H,3-9,12H2,1-2H3. The molecule has 1 saturated carbocycles. The third kappa shape index (κ3) is 3.29. The average Bonchev–Trinajstić information content (AvgIpc) is 2.57. The minimum atomic E-state index is -0.454. The van der Waals surface area contributed by atoms with E-state index in [4.69, 9.17) is 4.74 Å². The molecule has 1 aliphatic carbocycles. The third-order valence-corrected chi connectivity index (χ3v) is 5.71. The van der Waals surface area contributed by atoms with Gasteiger partial charge in [0.2, 0.25) is 0 Å². The first-order valence-electron chi connectivity index (χ1n) is 9.15. The maximum Gasteiger partial charge on any atom is 0.341 e. The summed E-state index contributed by atoms with van der Waals surface area (Å²) in [5, 5.41) is 0. The Bertz CT molecular complexity index is 573. The van der Waals surface area contributed by atoms with E-state index in [1.165, 1.54) is 19.3 Å². The quantitative estimate of drug-likeness (QED) is 0.724. The van der Waals surface area contributed by atoms with Gasteiger partial charge in [-0.25, -0.2) is 9.18 Å². The van der Waals surface area contributed by atoms with Crippen molar-refractivity contribution in [3.05, 3.63) is 34.6 Å². The van der Waals surface area contributed by atoms with Gasteiger partial charge in [0, 0.05) is 6.42 Å². The van der Waals surface area contributed by atoms with Gasteiger partial charge in [-0.15, -0.1) is 0 Å². The minimum Gasteiger partial charge on any atom is -0.458 e. The summed E-state index contributed by atoms with van der Waals surface area (Å²) < 4.78 is 20.2. The molecule has 1 aromatic carbocycles. The van der Waals surface area contributed by atoms with Crippen LogP contribution in [-0.2, 0) is 17.6 Å². The molecule has 1 atom stereocenters. The molecule has 0 saturated heterocycles. The van der Waals surface area contributed by atoms with Crippen molar-refractivity contribution in [1.82, 2.24) is 0 Å². The highest BCUT2D eigenvalue weighted by molar-refractivity contribution is 5.92. The predicted octanol–water partition coefficient (Wildman–Crippen LogP) is 5.08. The molecular weight excluding hydrogens is 291 g/mol. The van der Waals surface area contributed by atoms with Gasteiger partial charge in [0.1, 0.15) is 11.9 Å². The molecule has 0 N–H and O–H groups in total. The Morgan fingerprint density at radius 3 is 2.57 bits per heavy atom. The van der Waals surface area contributed by atoms with Crippen LogP contribution in [0.2, 0.25) is 0 Å². The van der Waals surface area contributed by atoms with Gasteiger partial charge in [-0.1, -0.05) is 51.7 Å². The molecule has 1 fully saturated rings. The molecule has 1 aromatic rings. The number of carbonyl (C=O) groups excluding carboxylic acids is 1. The summed E-state index contributed by atoms with van der Waals surface area (Å²) in [6, 6.07) is 3.79. The number of rotatable bonds is 4. The summed E-state index contributed by atoms with van der Waals surface area (Å²) in [4.78, 5) is 12.4. The second kappa shape index (κ2) is 7.02. The Labute approximate surface area is 138 Å². The lowest BCUT2D eigenvalue weighted by Crippen LogP contribution is -2.36. The smallest absolute Gasteiger partial charge is 0.341 e. The van der Waals surface area contributed by atoms with Crippen molar-refractivity contribution in [2.75, 3.05) is 0 Å². The zero-order valence-electron chi connectivity index (χ0n) is 14.2. The van der Waals surface area contributed by atoms with Gasteiger partial charge in [-0.2, -0.15) is 0 Å². The van der Waals surface area contributed by atoms with E-state index in [2.05, 4.69) is 6.92 Å². The Kier molecular flexibility index (Phi) is 5.03. The summed E-state index contributed by atoms with van der Waals surface area (Å²) in [6.45, 7) is 4.26. The number of cyclic esters (lactones) is 1. The zero-order chi connectivity index (χ0) is 16.4. The van der Waals surface area contributed by atoms with Gasteiger partial charge in [-0.05, 0) is 42.2 Å². The topological polar surface area (TPSA) is 26.3 Å². The van der Waals surface area contributed by atoms with Crippen LogP contribution in [0.25, 0.3) is 0 Å². The highest BCUT2D eigenvalue weighted by Crippen LogP contribution is 2.37. The van der Waals surface area contributed by atoms with E-state index in [1.807, 2.05) is 19.1 Å². The SMILES string of the molecule is CCCc1ccc2c(c1F)C(=O)OC(C1CCC(CC)CC1)C2. The minimum absolute atomic E-state index is 0.0655. The summed E-state index contributed by atoms with van der Waals surface area (Å²) in [7, 11) is 0. The van der Waals surface area contributed by atoms with Crippen LogP contribution in [0.3, 0.4) is 0 Å². The number of aryl methyl sites for hydroxylation is 1. The van der Waals surface area contributed by atoms with Crippen LogP contribution in [0.4, 0.5) is 4.39 Å². The van der Waals surface area contributed by atoms with Gasteiger partial charge in [0.25, 0.3) is 0 Å². The van der Waals surface area contributed by atoms with Gasteiger partial charge >= 0.3 is 5.97 Å². The second-order valence-electron chi connectivity index (χ2n) is 7.16. The highest BCUT2D eigenvalue weighted by Gasteiger charge is 2.36. The van der Waals surface area contributed by atoms with E-state index in [0.29, 0.717) is 24.3 Å². The maximum absolute atomic E-state index is 14.6. The van der Waals surface area contributed by atoms with E-state index in [-0.39, 0.29) is 17.5 Å². The van der Waals surface area contributed by atoms with Crippen molar-refractivity contribution in [3.63, 3.8) is 0 Å². The van der Waals surface area contributed by atoms with Gasteiger partial charge in [-0.3, -0.25) is 0 Å². The van der Waals surface area contributed by atoms with Gasteiger partial charge in [0.05, 0.1) is 5.56 Å². The first kappa shape index (κ1) is 16.5. The van der Waals surface area contributed by atoms with E-state index >= 15 is 0 Å². The molecule has 3 rings (SSSR count). The van der Waals surface area contributed by atoms with Crippen LogP contribution >= 0.6 is 0 Å². The monoisotopic (exact) mass is 318 g/mol. The fourth-order valence-corrected chi connectivity index (χ4v) is 4.20. The molecular formula is C20H27FO2. The van der Waals surface area contributed by atoms with Crippen LogP contribution < -0.4 is 0 Å². The summed E-state index contributed by atoms with van der Waals surface area (Å²) in [6.07, 6.45) is 8.09. The fourth-order valence-electron chi connectivity index (χ4n) is 4.20. The molecule has 1 unspecified atom stereocenters. The lowest BCUT2D eigenvalue weighted by Gasteiger charge is -2.35. The maximum atomic E-state index is 14.6. The first-order valence-corrected chi connectivity index (χ1v) is 9.15. The molecule has 1 heterocycles. The number of carbonyl (C=O) groups is 1. The van der Waals surface area contributed by atoms with E-state index in [0.717, 1.165) is 30.7 Å². The van der Waals surface area contributed by atoms with E-state index in [1.54, 1.807) is 0 Å². The number of ether oxygens (including phenoxy) is 1. The summed E-state index contributed by atoms with van der Waals surface area (Å²) in [5.41, 5.74) is 1.65. The molecule has 2 aliphatic rings. The summed E-state index contributed by atoms with van der Waals surface area (Å²) in [5.74, 6) is 0.451. The molecule has 3 heteroatoms. The largest absolute Gasteiger partial charge is 0.458 e. The number of hydrogen-bond acceptors (Lipinski definition) is 2. The summed E-state index contributed by atoms with van der Waals surface area (Å²) >= 11 is 0. The molecule has 2 nitrogen and oxygen atoms in total. The van der Waals surface area contributed by atoms with Crippen molar-refractivity contribution in [1.29, 1.82) is 0 Å². The van der Waals surface area contributed by atoms with Crippen LogP contribution in [0, 0.1) is 17.7 Å². The Morgan fingerprint density at radius 2 is 1.91 bits per heavy atom. The first-order chi connectivity index (χ1) is 11.1. The van der Waals surface area contributed by atoms with Crippen LogP contribution in [0.1, 0.15) is 73.9 Å². The third-order valence-electron chi connectivity index (χ3n) is 5.71. The molecule has 0 bridgehead atoms. The number of esters is 1. The lowest BCUT2D eigenvalue weighted by molar-refractivity contribution is -0.000791. The molecule has 126 valence electrons. The van der Waals surface area contributed by atoms with Crippen molar-refractivity contribution in [3.8, 4) is 0 Å². The Morgan fingerprint density at radius 1 is 1.17 bits per heavy atom. The van der Waals surface area contributed by atoms with E-state index in [9.17, 15) is 9.18 Å². The van der Waals surface area contributed by atoms with Crippen molar-refractivity contribution in [2.45, 2.75) is 71.3 Å². The van der Waals surface area contributed by atoms with E-state index < -0.39 is 5.97 Å². The Hall–Kier alpha value is -1.38. The van der Waals surface area contributed by atoms with Crippen molar-refractivity contribution < 1.29 is 13.9 Å². The normalized spacial score (nSPS) is 27.4. The van der Waals surface area contributed by atoms with Gasteiger partial charge < -0.3 is 4.74 Å². The molecule has 1 aliphatic heterocycles. The zero-order valence-corrected chi connectivity index (χ0v) is 14.2. The predicted molar refractivity (Wildman–Crippen MR) is 89.0 cm³/mol. The van der Waals surface area contributed by atoms with Crippen molar-refractivity contribution >= 4 is 5.97 Å². The number of hydrogen-bond donors (Lipinski definition) is 0. The highest BCUT2D eigenvalue weighted by atomic mass is 19.1. The fraction of sp³-hybridized carbons (Fsp3) is 0.650. The van der Waals surface area contributed by atoms with Crippen LogP contribution in [0.5, 0.6) is 0 Å². The molecule has 0 radical (unpaired) electrons. The second-order valence-corrected chi connectivity index (χ2v) is 7.16. The molecule has 0 amide bonds. The number of halogens is 1. The van der Waals surface area contributed by atoms with Crippen LogP contribution in [0.15, 0.2) is 12.1 Å². The number of benzene rings is 1. The number of fused-ring (bicyclic) bond motifs is 1. The average molecular weight is 318 g/mol. The van der Waals surface area contributed by atoms with Crippen molar-refractivity contribution in [2.24, 2.45) is 11.8 Å². The lowest BCUT2D eigenvalue weighted by atomic mass is 9.76. The molecule has 0 aromatic heterocycles. The molecule has 0 spiro atoms. The van der Waals surface area contributed by atoms with Crippen LogP contribution in [-0.4, -0.2) is 12.1 Å².